The van der Waals surface area contributed by atoms with Crippen molar-refractivity contribution in [2.75, 3.05) is 12.3 Å². The van der Waals surface area contributed by atoms with E-state index in [0.717, 1.165) is 18.5 Å². The number of nitrogens with two attached hydrogens (primary N) is 1. The molecule has 1 aliphatic heterocycles. The van der Waals surface area contributed by atoms with Gasteiger partial charge < -0.3 is 16.2 Å². The van der Waals surface area contributed by atoms with Gasteiger partial charge in [0.15, 0.2) is 0 Å². The van der Waals surface area contributed by atoms with E-state index in [0.29, 0.717) is 17.5 Å². The van der Waals surface area contributed by atoms with Crippen LogP contribution in [0.25, 0.3) is 0 Å². The van der Waals surface area contributed by atoms with Crippen molar-refractivity contribution in [2.45, 2.75) is 12.5 Å². The normalized spacial score (nSPS) is 21.8. The first-order valence-electron chi connectivity index (χ1n) is 4.09. The summed E-state index contributed by atoms with van der Waals surface area (Å²) < 4.78 is 0. The Kier molecular flexibility index (Phi) is 1.66. The van der Waals surface area contributed by atoms with Gasteiger partial charge in [0.1, 0.15) is 5.75 Å². The predicted molar refractivity (Wildman–Crippen MR) is 47.9 cm³/mol. The van der Waals surface area contributed by atoms with Crippen LogP contribution in [-0.4, -0.2) is 11.7 Å². The number of nitrogens with one attached hydrogen (secondary N) is 1. The van der Waals surface area contributed by atoms with E-state index in [2.05, 4.69) is 5.32 Å². The summed E-state index contributed by atoms with van der Waals surface area (Å²) in [7, 11) is 0. The highest BCUT2D eigenvalue weighted by atomic mass is 16.3. The minimum atomic E-state index is 0.300. The Hall–Kier alpha value is -1.22. The minimum absolute atomic E-state index is 0.300. The fourth-order valence-electron chi connectivity index (χ4n) is 1.41. The number of hydrogen-bond donors (Lipinski definition) is 3. The largest absolute Gasteiger partial charge is 0.508 e. The molecule has 0 unspecified atom stereocenters. The molecular weight excluding hydrogens is 152 g/mol. The molecule has 12 heavy (non-hydrogen) atoms. The summed E-state index contributed by atoms with van der Waals surface area (Å²) in [6, 6.07) is 5.47. The van der Waals surface area contributed by atoms with Crippen molar-refractivity contribution in [1.82, 2.24) is 5.32 Å². The van der Waals surface area contributed by atoms with Gasteiger partial charge in [-0.3, -0.25) is 0 Å². The fourth-order valence-corrected chi connectivity index (χ4v) is 1.41. The van der Waals surface area contributed by atoms with Crippen molar-refractivity contribution in [3.05, 3.63) is 23.8 Å². The molecule has 1 atom stereocenters. The van der Waals surface area contributed by atoms with Crippen LogP contribution < -0.4 is 11.1 Å². The van der Waals surface area contributed by atoms with E-state index < -0.39 is 0 Å². The molecule has 1 saturated heterocycles. The first-order chi connectivity index (χ1) is 5.77. The molecule has 0 saturated carbocycles. The van der Waals surface area contributed by atoms with Gasteiger partial charge in [0.2, 0.25) is 0 Å². The molecule has 1 fully saturated rings. The summed E-state index contributed by atoms with van der Waals surface area (Å²) in [5, 5.41) is 12.7. The molecule has 0 amide bonds. The molecular formula is C9H12N2O. The highest BCUT2D eigenvalue weighted by Crippen LogP contribution is 2.31. The SMILES string of the molecule is Nc1ccc(O)c([C@@H]2CCN2)c1. The molecule has 0 aliphatic carbocycles. The van der Waals surface area contributed by atoms with E-state index in [1.807, 2.05) is 6.07 Å². The lowest BCUT2D eigenvalue weighted by Gasteiger charge is -2.28. The van der Waals surface area contributed by atoms with Gasteiger partial charge in [0, 0.05) is 17.3 Å². The second-order valence-corrected chi connectivity index (χ2v) is 3.11. The van der Waals surface area contributed by atoms with Crippen molar-refractivity contribution in [3.8, 4) is 5.75 Å². The first-order valence-corrected chi connectivity index (χ1v) is 4.09. The predicted octanol–water partition coefficient (Wildman–Crippen LogP) is 1.01. The minimum Gasteiger partial charge on any atom is -0.508 e. The maximum Gasteiger partial charge on any atom is 0.120 e. The highest BCUT2D eigenvalue weighted by Gasteiger charge is 2.21. The van der Waals surface area contributed by atoms with Crippen LogP contribution in [0.3, 0.4) is 0 Å². The maximum absolute atomic E-state index is 9.47. The molecule has 0 spiro atoms. The second-order valence-electron chi connectivity index (χ2n) is 3.11. The molecule has 0 radical (unpaired) electrons. The van der Waals surface area contributed by atoms with E-state index in [-0.39, 0.29) is 0 Å². The van der Waals surface area contributed by atoms with Crippen LogP contribution in [0.15, 0.2) is 18.2 Å². The third-order valence-electron chi connectivity index (χ3n) is 2.25. The first kappa shape index (κ1) is 7.43. The Bertz CT molecular complexity index is 295. The van der Waals surface area contributed by atoms with Gasteiger partial charge in [-0.2, -0.15) is 0 Å². The van der Waals surface area contributed by atoms with Gasteiger partial charge in [0.05, 0.1) is 0 Å². The van der Waals surface area contributed by atoms with Crippen LogP contribution in [0, 0.1) is 0 Å². The van der Waals surface area contributed by atoms with E-state index >= 15 is 0 Å². The van der Waals surface area contributed by atoms with Crippen LogP contribution in [0.5, 0.6) is 5.75 Å². The molecule has 4 N–H and O–H groups in total. The zero-order valence-electron chi connectivity index (χ0n) is 6.75. The Balaban J connectivity index is 2.34. The zero-order chi connectivity index (χ0) is 8.55. The van der Waals surface area contributed by atoms with Crippen LogP contribution in [-0.2, 0) is 0 Å². The Labute approximate surface area is 71.2 Å². The molecule has 1 aliphatic rings. The van der Waals surface area contributed by atoms with Crippen molar-refractivity contribution in [1.29, 1.82) is 0 Å². The number of nitrogen functional groups attached to an aromatic ring is 1. The third kappa shape index (κ3) is 1.12. The molecule has 2 rings (SSSR count). The summed E-state index contributed by atoms with van der Waals surface area (Å²) in [4.78, 5) is 0. The number of phenols is 1. The number of benzene rings is 1. The summed E-state index contributed by atoms with van der Waals surface area (Å²) in [6.07, 6.45) is 1.08. The van der Waals surface area contributed by atoms with Crippen LogP contribution in [0.2, 0.25) is 0 Å². The van der Waals surface area contributed by atoms with Crippen molar-refractivity contribution in [3.63, 3.8) is 0 Å². The fraction of sp³-hybridized carbons (Fsp3) is 0.333. The van der Waals surface area contributed by atoms with E-state index in [1.54, 1.807) is 12.1 Å². The van der Waals surface area contributed by atoms with Crippen molar-refractivity contribution in [2.24, 2.45) is 0 Å². The number of anilines is 1. The Morgan fingerprint density at radius 1 is 1.50 bits per heavy atom. The van der Waals surface area contributed by atoms with Gasteiger partial charge in [0.25, 0.3) is 0 Å². The third-order valence-corrected chi connectivity index (χ3v) is 2.25. The Morgan fingerprint density at radius 2 is 2.25 bits per heavy atom. The topological polar surface area (TPSA) is 58.3 Å². The van der Waals surface area contributed by atoms with Crippen molar-refractivity contribution < 1.29 is 5.11 Å². The molecule has 3 nitrogen and oxygen atoms in total. The van der Waals surface area contributed by atoms with E-state index in [1.165, 1.54) is 0 Å². The molecule has 3 heteroatoms. The van der Waals surface area contributed by atoms with Gasteiger partial charge in [-0.1, -0.05) is 0 Å². The summed E-state index contributed by atoms with van der Waals surface area (Å²) >= 11 is 0. The van der Waals surface area contributed by atoms with E-state index in [4.69, 9.17) is 5.73 Å². The number of aromatic hydroxyl groups is 1. The lowest BCUT2D eigenvalue weighted by Crippen LogP contribution is -2.34. The molecule has 1 aromatic carbocycles. The standard InChI is InChI=1S/C9H12N2O/c10-6-1-2-9(12)7(5-6)8-3-4-11-8/h1-2,5,8,11-12H,3-4,10H2/t8-/m0/s1. The molecule has 0 aromatic heterocycles. The highest BCUT2D eigenvalue weighted by molar-refractivity contribution is 5.48. The lowest BCUT2D eigenvalue weighted by atomic mass is 9.97. The molecule has 64 valence electrons. The second kappa shape index (κ2) is 2.68. The number of hydrogen-bond acceptors (Lipinski definition) is 3. The number of phenolic OH excluding ortho intramolecular Hbond substituents is 1. The van der Waals surface area contributed by atoms with Crippen LogP contribution in [0.1, 0.15) is 18.0 Å². The summed E-state index contributed by atoms with van der Waals surface area (Å²) in [5.74, 6) is 0.335. The maximum atomic E-state index is 9.47. The quantitative estimate of drug-likeness (QED) is 0.429. The molecule has 1 aromatic rings. The van der Waals surface area contributed by atoms with E-state index in [9.17, 15) is 5.11 Å². The molecule has 0 bridgehead atoms. The van der Waals surface area contributed by atoms with Crippen LogP contribution >= 0.6 is 0 Å². The number of rotatable bonds is 1. The average Bonchev–Trinajstić information content (AvgIpc) is 1.93. The van der Waals surface area contributed by atoms with Gasteiger partial charge in [-0.25, -0.2) is 0 Å². The summed E-state index contributed by atoms with van der Waals surface area (Å²) in [6.45, 7) is 1.03. The Morgan fingerprint density at radius 3 is 2.83 bits per heavy atom. The summed E-state index contributed by atoms with van der Waals surface area (Å²) in [5.41, 5.74) is 7.23. The van der Waals surface area contributed by atoms with Crippen LogP contribution in [0.4, 0.5) is 5.69 Å². The van der Waals surface area contributed by atoms with Crippen molar-refractivity contribution >= 4 is 5.69 Å². The molecule has 1 heterocycles. The zero-order valence-corrected chi connectivity index (χ0v) is 6.75. The van der Waals surface area contributed by atoms with Gasteiger partial charge in [-0.05, 0) is 31.2 Å². The monoisotopic (exact) mass is 164 g/mol. The average molecular weight is 164 g/mol. The lowest BCUT2D eigenvalue weighted by molar-refractivity contribution is 0.365. The van der Waals surface area contributed by atoms with Gasteiger partial charge >= 0.3 is 0 Å². The van der Waals surface area contributed by atoms with Gasteiger partial charge in [-0.15, -0.1) is 0 Å². The smallest absolute Gasteiger partial charge is 0.120 e.